The SMILES string of the molecule is CCc1cc(CC)c(-c2ccc(C)c(C)c2C)c(CC)c1. The normalized spacial score (nSPS) is 11.0. The fourth-order valence-corrected chi connectivity index (χ4v) is 3.17. The molecule has 0 aliphatic rings. The molecule has 0 amide bonds. The van der Waals surface area contributed by atoms with E-state index >= 15 is 0 Å². The van der Waals surface area contributed by atoms with E-state index in [1.54, 1.807) is 0 Å². The molecule has 0 N–H and O–H groups in total. The first kappa shape index (κ1) is 15.8. The first-order valence-corrected chi connectivity index (χ1v) is 8.25. The van der Waals surface area contributed by atoms with E-state index in [0.29, 0.717) is 0 Å². The van der Waals surface area contributed by atoms with Crippen LogP contribution in [0.1, 0.15) is 54.2 Å². The fourth-order valence-electron chi connectivity index (χ4n) is 3.17. The third-order valence-corrected chi connectivity index (χ3v) is 4.86. The van der Waals surface area contributed by atoms with Gasteiger partial charge < -0.3 is 0 Å². The molecule has 0 bridgehead atoms. The lowest BCUT2D eigenvalue weighted by atomic mass is 9.85. The van der Waals surface area contributed by atoms with Crippen molar-refractivity contribution in [2.75, 3.05) is 0 Å². The zero-order valence-corrected chi connectivity index (χ0v) is 14.4. The van der Waals surface area contributed by atoms with Crippen LogP contribution in [0.4, 0.5) is 0 Å². The van der Waals surface area contributed by atoms with Gasteiger partial charge in [-0.1, -0.05) is 45.0 Å². The van der Waals surface area contributed by atoms with Crippen molar-refractivity contribution < 1.29 is 0 Å². The van der Waals surface area contributed by atoms with Crippen molar-refractivity contribution in [1.29, 1.82) is 0 Å². The van der Waals surface area contributed by atoms with Crippen molar-refractivity contribution in [2.24, 2.45) is 0 Å². The van der Waals surface area contributed by atoms with E-state index in [4.69, 9.17) is 0 Å². The molecule has 2 rings (SSSR count). The van der Waals surface area contributed by atoms with Crippen molar-refractivity contribution in [1.82, 2.24) is 0 Å². The summed E-state index contributed by atoms with van der Waals surface area (Å²) in [5, 5.41) is 0. The highest BCUT2D eigenvalue weighted by Crippen LogP contribution is 2.34. The van der Waals surface area contributed by atoms with Gasteiger partial charge in [-0.3, -0.25) is 0 Å². The molecule has 0 atom stereocenters. The topological polar surface area (TPSA) is 0 Å². The zero-order chi connectivity index (χ0) is 15.6. The zero-order valence-electron chi connectivity index (χ0n) is 14.4. The standard InChI is InChI=1S/C21H28/c1-7-17-12-18(8-2)21(19(9-3)13-17)20-11-10-14(4)15(5)16(20)6/h10-13H,7-9H2,1-6H3. The summed E-state index contributed by atoms with van der Waals surface area (Å²) in [4.78, 5) is 0. The van der Waals surface area contributed by atoms with Crippen LogP contribution in [0.25, 0.3) is 11.1 Å². The molecule has 0 saturated carbocycles. The molecule has 0 nitrogen and oxygen atoms in total. The molecule has 2 aromatic rings. The summed E-state index contributed by atoms with van der Waals surface area (Å²) in [6.45, 7) is 13.5. The number of benzene rings is 2. The second-order valence-electron chi connectivity index (χ2n) is 6.03. The molecular weight excluding hydrogens is 252 g/mol. The van der Waals surface area contributed by atoms with Crippen LogP contribution >= 0.6 is 0 Å². The minimum absolute atomic E-state index is 1.10. The summed E-state index contributed by atoms with van der Waals surface area (Å²) in [5.74, 6) is 0. The molecule has 0 saturated heterocycles. The summed E-state index contributed by atoms with van der Waals surface area (Å²) in [6, 6.07) is 9.40. The summed E-state index contributed by atoms with van der Waals surface area (Å²) in [5.41, 5.74) is 11.6. The van der Waals surface area contributed by atoms with Crippen molar-refractivity contribution in [3.05, 3.63) is 57.6 Å². The minimum Gasteiger partial charge on any atom is -0.0613 e. The summed E-state index contributed by atoms with van der Waals surface area (Å²) in [7, 11) is 0. The molecular formula is C21H28. The second kappa shape index (κ2) is 6.47. The predicted octanol–water partition coefficient (Wildman–Crippen LogP) is 5.97. The number of hydrogen-bond acceptors (Lipinski definition) is 0. The van der Waals surface area contributed by atoms with Gasteiger partial charge in [0.05, 0.1) is 0 Å². The van der Waals surface area contributed by atoms with Gasteiger partial charge in [-0.2, -0.15) is 0 Å². The molecule has 0 radical (unpaired) electrons. The second-order valence-corrected chi connectivity index (χ2v) is 6.03. The van der Waals surface area contributed by atoms with Gasteiger partial charge in [0.15, 0.2) is 0 Å². The first-order chi connectivity index (χ1) is 10.0. The van der Waals surface area contributed by atoms with Gasteiger partial charge in [0, 0.05) is 0 Å². The predicted molar refractivity (Wildman–Crippen MR) is 94.2 cm³/mol. The van der Waals surface area contributed by atoms with Crippen molar-refractivity contribution in [2.45, 2.75) is 60.8 Å². The lowest BCUT2D eigenvalue weighted by molar-refractivity contribution is 1.04. The highest BCUT2D eigenvalue weighted by Gasteiger charge is 2.14. The minimum atomic E-state index is 1.10. The highest BCUT2D eigenvalue weighted by atomic mass is 14.2. The Morgan fingerprint density at radius 2 is 1.29 bits per heavy atom. The Hall–Kier alpha value is -1.56. The Morgan fingerprint density at radius 1 is 0.714 bits per heavy atom. The maximum Gasteiger partial charge on any atom is -0.0117 e. The molecule has 21 heavy (non-hydrogen) atoms. The Balaban J connectivity index is 2.76. The van der Waals surface area contributed by atoms with Gasteiger partial charge in [0.2, 0.25) is 0 Å². The van der Waals surface area contributed by atoms with Crippen LogP contribution in [0.5, 0.6) is 0 Å². The fraction of sp³-hybridized carbons (Fsp3) is 0.429. The molecule has 0 aliphatic carbocycles. The lowest BCUT2D eigenvalue weighted by Gasteiger charge is -2.19. The first-order valence-electron chi connectivity index (χ1n) is 8.25. The van der Waals surface area contributed by atoms with Gasteiger partial charge >= 0.3 is 0 Å². The van der Waals surface area contributed by atoms with E-state index in [1.165, 1.54) is 44.5 Å². The quantitative estimate of drug-likeness (QED) is 0.647. The van der Waals surface area contributed by atoms with Crippen molar-refractivity contribution >= 4 is 0 Å². The van der Waals surface area contributed by atoms with E-state index in [1.807, 2.05) is 0 Å². The molecule has 0 unspecified atom stereocenters. The average Bonchev–Trinajstić information content (AvgIpc) is 2.51. The summed E-state index contributed by atoms with van der Waals surface area (Å²) < 4.78 is 0. The smallest absolute Gasteiger partial charge is 0.0117 e. The van der Waals surface area contributed by atoms with Crippen LogP contribution in [-0.2, 0) is 19.3 Å². The molecule has 0 heterocycles. The van der Waals surface area contributed by atoms with Crippen LogP contribution in [0, 0.1) is 20.8 Å². The third-order valence-electron chi connectivity index (χ3n) is 4.86. The molecule has 2 aromatic carbocycles. The summed E-state index contributed by atoms with van der Waals surface area (Å²) >= 11 is 0. The van der Waals surface area contributed by atoms with E-state index in [2.05, 4.69) is 65.8 Å². The van der Waals surface area contributed by atoms with E-state index in [0.717, 1.165) is 19.3 Å². The number of rotatable bonds is 4. The van der Waals surface area contributed by atoms with Gasteiger partial charge in [-0.05, 0) is 84.5 Å². The van der Waals surface area contributed by atoms with Crippen LogP contribution < -0.4 is 0 Å². The number of aryl methyl sites for hydroxylation is 4. The largest absolute Gasteiger partial charge is 0.0613 e. The Labute approximate surface area is 130 Å². The van der Waals surface area contributed by atoms with Crippen LogP contribution in [0.2, 0.25) is 0 Å². The summed E-state index contributed by atoms with van der Waals surface area (Å²) in [6.07, 6.45) is 3.32. The maximum absolute atomic E-state index is 2.41. The molecule has 0 heteroatoms. The lowest BCUT2D eigenvalue weighted by Crippen LogP contribution is -2.00. The monoisotopic (exact) mass is 280 g/mol. The third kappa shape index (κ3) is 2.90. The molecule has 112 valence electrons. The van der Waals surface area contributed by atoms with Gasteiger partial charge in [-0.25, -0.2) is 0 Å². The molecule has 0 spiro atoms. The maximum atomic E-state index is 2.41. The van der Waals surface area contributed by atoms with Gasteiger partial charge in [-0.15, -0.1) is 0 Å². The Morgan fingerprint density at radius 3 is 1.76 bits per heavy atom. The van der Waals surface area contributed by atoms with Crippen LogP contribution in [-0.4, -0.2) is 0 Å². The molecule has 0 aliphatic heterocycles. The van der Waals surface area contributed by atoms with Crippen LogP contribution in [0.3, 0.4) is 0 Å². The van der Waals surface area contributed by atoms with E-state index in [-0.39, 0.29) is 0 Å². The van der Waals surface area contributed by atoms with Crippen molar-refractivity contribution in [3.63, 3.8) is 0 Å². The molecule has 0 fully saturated rings. The Bertz CT molecular complexity index is 622. The van der Waals surface area contributed by atoms with E-state index in [9.17, 15) is 0 Å². The number of hydrogen-bond donors (Lipinski definition) is 0. The van der Waals surface area contributed by atoms with Gasteiger partial charge in [0.25, 0.3) is 0 Å². The Kier molecular flexibility index (Phi) is 4.88. The average molecular weight is 280 g/mol. The molecule has 0 aromatic heterocycles. The van der Waals surface area contributed by atoms with Crippen LogP contribution in [0.15, 0.2) is 24.3 Å². The van der Waals surface area contributed by atoms with E-state index < -0.39 is 0 Å². The van der Waals surface area contributed by atoms with Crippen molar-refractivity contribution in [3.8, 4) is 11.1 Å². The highest BCUT2D eigenvalue weighted by molar-refractivity contribution is 5.76. The van der Waals surface area contributed by atoms with Gasteiger partial charge in [0.1, 0.15) is 0 Å².